The first-order valence-electron chi connectivity index (χ1n) is 4.14. The van der Waals surface area contributed by atoms with E-state index in [0.717, 1.165) is 0 Å². The molecule has 5 nitrogen and oxygen atoms in total. The zero-order chi connectivity index (χ0) is 10.7. The van der Waals surface area contributed by atoms with Gasteiger partial charge in [-0.3, -0.25) is 0 Å². The maximum Gasteiger partial charge on any atom is 0.179 e. The lowest BCUT2D eigenvalue weighted by Gasteiger charge is -2.02. The van der Waals surface area contributed by atoms with Gasteiger partial charge < -0.3 is 4.74 Å². The summed E-state index contributed by atoms with van der Waals surface area (Å²) < 4.78 is 4.95. The number of nitrogens with zero attached hydrogens (tertiary/aromatic N) is 4. The van der Waals surface area contributed by atoms with E-state index in [1.54, 1.807) is 12.3 Å². The number of methoxy groups -OCH3 is 1. The molecule has 0 spiro atoms. The number of ether oxygens (including phenoxy) is 1. The average molecular weight is 223 g/mol. The zero-order valence-corrected chi connectivity index (χ0v) is 8.64. The van der Waals surface area contributed by atoms with Crippen LogP contribution in [0.15, 0.2) is 24.8 Å². The summed E-state index contributed by atoms with van der Waals surface area (Å²) in [7, 11) is 1.51. The van der Waals surface area contributed by atoms with Crippen LogP contribution in [0.1, 0.15) is 0 Å². The van der Waals surface area contributed by atoms with Crippen LogP contribution in [0.4, 0.5) is 0 Å². The maximum absolute atomic E-state index is 5.86. The Morgan fingerprint density at radius 3 is 2.80 bits per heavy atom. The lowest BCUT2D eigenvalue weighted by atomic mass is 10.4. The molecular formula is C9H7ClN4O. The van der Waals surface area contributed by atoms with Gasteiger partial charge in [-0.25, -0.2) is 19.9 Å². The van der Waals surface area contributed by atoms with Crippen molar-refractivity contribution >= 4 is 11.6 Å². The van der Waals surface area contributed by atoms with Crippen molar-refractivity contribution in [3.05, 3.63) is 29.9 Å². The van der Waals surface area contributed by atoms with Gasteiger partial charge in [0.1, 0.15) is 12.0 Å². The molecule has 0 aliphatic carbocycles. The molecule has 0 atom stereocenters. The van der Waals surface area contributed by atoms with E-state index in [4.69, 9.17) is 16.3 Å². The van der Waals surface area contributed by atoms with Gasteiger partial charge in [0.2, 0.25) is 0 Å². The summed E-state index contributed by atoms with van der Waals surface area (Å²) in [6, 6.07) is 1.71. The van der Waals surface area contributed by atoms with Crippen molar-refractivity contribution in [3.63, 3.8) is 0 Å². The van der Waals surface area contributed by atoms with Crippen molar-refractivity contribution in [2.24, 2.45) is 0 Å². The molecule has 2 aromatic heterocycles. The van der Waals surface area contributed by atoms with E-state index in [2.05, 4.69) is 19.9 Å². The summed E-state index contributed by atoms with van der Waals surface area (Å²) in [5.41, 5.74) is 0.620. The van der Waals surface area contributed by atoms with Gasteiger partial charge in [0.25, 0.3) is 0 Å². The van der Waals surface area contributed by atoms with Crippen molar-refractivity contribution in [2.45, 2.75) is 0 Å². The van der Waals surface area contributed by atoms with Gasteiger partial charge in [-0.15, -0.1) is 0 Å². The van der Waals surface area contributed by atoms with Crippen LogP contribution in [-0.2, 0) is 0 Å². The maximum atomic E-state index is 5.86. The van der Waals surface area contributed by atoms with Crippen molar-refractivity contribution in [1.82, 2.24) is 19.9 Å². The van der Waals surface area contributed by atoms with Crippen LogP contribution in [0.3, 0.4) is 0 Å². The second-order valence-corrected chi connectivity index (χ2v) is 3.01. The van der Waals surface area contributed by atoms with E-state index in [-0.39, 0.29) is 5.15 Å². The van der Waals surface area contributed by atoms with Crippen molar-refractivity contribution in [2.75, 3.05) is 7.11 Å². The molecule has 0 amide bonds. The Labute approximate surface area is 91.1 Å². The highest BCUT2D eigenvalue weighted by atomic mass is 35.5. The van der Waals surface area contributed by atoms with Gasteiger partial charge in [-0.05, 0) is 6.07 Å². The molecule has 2 rings (SSSR count). The van der Waals surface area contributed by atoms with Crippen LogP contribution >= 0.6 is 11.6 Å². The Hall–Kier alpha value is -1.75. The van der Waals surface area contributed by atoms with E-state index in [1.807, 2.05) is 0 Å². The summed E-state index contributed by atoms with van der Waals surface area (Å²) in [4.78, 5) is 15.9. The highest BCUT2D eigenvalue weighted by Gasteiger charge is 2.07. The molecule has 0 radical (unpaired) electrons. The highest BCUT2D eigenvalue weighted by molar-refractivity contribution is 6.30. The molecule has 0 bridgehead atoms. The van der Waals surface area contributed by atoms with Gasteiger partial charge in [-0.2, -0.15) is 0 Å². The normalized spacial score (nSPS) is 10.0. The summed E-state index contributed by atoms with van der Waals surface area (Å²) in [5.74, 6) is 0.887. The van der Waals surface area contributed by atoms with Crippen LogP contribution in [0.2, 0.25) is 5.15 Å². The second-order valence-electron chi connectivity index (χ2n) is 2.65. The van der Waals surface area contributed by atoms with Crippen LogP contribution in [0, 0.1) is 0 Å². The van der Waals surface area contributed by atoms with E-state index >= 15 is 0 Å². The van der Waals surface area contributed by atoms with E-state index in [9.17, 15) is 0 Å². The molecule has 0 unspecified atom stereocenters. The lowest BCUT2D eigenvalue weighted by Crippen LogP contribution is -1.94. The van der Waals surface area contributed by atoms with Gasteiger partial charge in [0.05, 0.1) is 13.3 Å². The van der Waals surface area contributed by atoms with Crippen LogP contribution < -0.4 is 4.74 Å². The molecule has 15 heavy (non-hydrogen) atoms. The molecule has 2 aromatic rings. The van der Waals surface area contributed by atoms with Gasteiger partial charge in [0.15, 0.2) is 16.7 Å². The summed E-state index contributed by atoms with van der Waals surface area (Å²) in [6.45, 7) is 0. The predicted octanol–water partition coefficient (Wildman–Crippen LogP) is 1.60. The van der Waals surface area contributed by atoms with Crippen molar-refractivity contribution in [1.29, 1.82) is 0 Å². The molecule has 76 valence electrons. The molecule has 0 aromatic carbocycles. The average Bonchev–Trinajstić information content (AvgIpc) is 2.30. The first kappa shape index (κ1) is 9.79. The second kappa shape index (κ2) is 4.18. The van der Waals surface area contributed by atoms with Crippen molar-refractivity contribution in [3.8, 4) is 17.3 Å². The quantitative estimate of drug-likeness (QED) is 0.723. The smallest absolute Gasteiger partial charge is 0.179 e. The molecule has 6 heteroatoms. The predicted molar refractivity (Wildman–Crippen MR) is 54.6 cm³/mol. The number of aromatic nitrogens is 4. The fraction of sp³-hybridized carbons (Fsp3) is 0.111. The number of hydrogen-bond acceptors (Lipinski definition) is 5. The van der Waals surface area contributed by atoms with E-state index in [0.29, 0.717) is 17.3 Å². The minimum absolute atomic E-state index is 0.265. The van der Waals surface area contributed by atoms with E-state index < -0.39 is 0 Å². The lowest BCUT2D eigenvalue weighted by molar-refractivity contribution is 0.411. The molecule has 0 saturated carbocycles. The minimum atomic E-state index is 0.265. The Kier molecular flexibility index (Phi) is 2.73. The van der Waals surface area contributed by atoms with Crippen LogP contribution in [0.5, 0.6) is 5.75 Å². The Morgan fingerprint density at radius 1 is 1.33 bits per heavy atom. The molecule has 0 N–H and O–H groups in total. The summed E-state index contributed by atoms with van der Waals surface area (Å²) in [6.07, 6.45) is 4.55. The van der Waals surface area contributed by atoms with Crippen LogP contribution in [0.25, 0.3) is 11.5 Å². The summed E-state index contributed by atoms with van der Waals surface area (Å²) >= 11 is 5.86. The number of hydrogen-bond donors (Lipinski definition) is 0. The largest absolute Gasteiger partial charge is 0.492 e. The molecule has 0 aliphatic heterocycles. The Morgan fingerprint density at radius 2 is 2.20 bits per heavy atom. The minimum Gasteiger partial charge on any atom is -0.492 e. The molecule has 2 heterocycles. The third kappa shape index (κ3) is 2.02. The summed E-state index contributed by atoms with van der Waals surface area (Å²) in [5, 5.41) is 0.265. The SMILES string of the molecule is COc1cnc(-c2ccncn2)nc1Cl. The van der Waals surface area contributed by atoms with Crippen molar-refractivity contribution < 1.29 is 4.74 Å². The van der Waals surface area contributed by atoms with Gasteiger partial charge >= 0.3 is 0 Å². The van der Waals surface area contributed by atoms with E-state index in [1.165, 1.54) is 19.6 Å². The topological polar surface area (TPSA) is 60.8 Å². The Bertz CT molecular complexity index is 463. The van der Waals surface area contributed by atoms with Gasteiger partial charge in [-0.1, -0.05) is 11.6 Å². The molecule has 0 saturated heterocycles. The third-order valence-electron chi connectivity index (χ3n) is 1.74. The molecule has 0 fully saturated rings. The van der Waals surface area contributed by atoms with Crippen LogP contribution in [-0.4, -0.2) is 27.0 Å². The first-order valence-corrected chi connectivity index (χ1v) is 4.52. The number of rotatable bonds is 2. The highest BCUT2D eigenvalue weighted by Crippen LogP contribution is 2.22. The fourth-order valence-corrected chi connectivity index (χ4v) is 1.24. The number of halogens is 1. The monoisotopic (exact) mass is 222 g/mol. The molecular weight excluding hydrogens is 216 g/mol. The zero-order valence-electron chi connectivity index (χ0n) is 7.88. The van der Waals surface area contributed by atoms with Gasteiger partial charge in [0, 0.05) is 6.20 Å². The molecule has 0 aliphatic rings. The first-order chi connectivity index (χ1) is 7.31. The standard InChI is InChI=1S/C9H7ClN4O/c1-15-7-4-12-9(14-8(7)10)6-2-3-11-5-13-6/h2-5H,1H3. The fourth-order valence-electron chi connectivity index (χ4n) is 1.03. The third-order valence-corrected chi connectivity index (χ3v) is 2.01. The Balaban J connectivity index is 2.43.